The van der Waals surface area contributed by atoms with Crippen LogP contribution in [0.2, 0.25) is 0 Å². The maximum absolute atomic E-state index is 13.1. The Morgan fingerprint density at radius 1 is 1.09 bits per heavy atom. The maximum atomic E-state index is 13.1. The Morgan fingerprint density at radius 3 is 2.76 bits per heavy atom. The standard InChI is InChI=1S/C26H25N5O3/c1-33-17-8-9-23(34-2)20(14-17)25-24-19(18-6-3-4-7-21(18)29-24)15-22(30-25)26(32)28-10-5-12-31-13-11-27-16-31/h3-4,6-9,11,13-16,29H,5,10,12H2,1-2H3,(H,28,32). The second-order valence-corrected chi connectivity index (χ2v) is 7.93. The van der Waals surface area contributed by atoms with Gasteiger partial charge in [0.1, 0.15) is 17.2 Å². The average Bonchev–Trinajstić information content (AvgIpc) is 3.53. The third kappa shape index (κ3) is 4.05. The molecule has 8 heteroatoms. The zero-order valence-electron chi connectivity index (χ0n) is 19.0. The summed E-state index contributed by atoms with van der Waals surface area (Å²) in [6, 6.07) is 15.4. The van der Waals surface area contributed by atoms with Gasteiger partial charge < -0.3 is 24.3 Å². The summed E-state index contributed by atoms with van der Waals surface area (Å²) in [6.45, 7) is 1.31. The van der Waals surface area contributed by atoms with Crippen molar-refractivity contribution in [2.24, 2.45) is 0 Å². The van der Waals surface area contributed by atoms with Crippen molar-refractivity contribution < 1.29 is 14.3 Å². The van der Waals surface area contributed by atoms with E-state index in [1.54, 1.807) is 26.7 Å². The van der Waals surface area contributed by atoms with Gasteiger partial charge in [-0.3, -0.25) is 4.79 Å². The number of nitrogens with one attached hydrogen (secondary N) is 2. The molecule has 8 nitrogen and oxygen atoms in total. The SMILES string of the molecule is COc1ccc(OC)c(-c2nc(C(=O)NCCCn3ccnc3)cc3c2[nH]c2ccccc23)c1. The molecule has 172 valence electrons. The fraction of sp³-hybridized carbons (Fsp3) is 0.192. The summed E-state index contributed by atoms with van der Waals surface area (Å²) in [7, 11) is 3.23. The largest absolute Gasteiger partial charge is 0.497 e. The van der Waals surface area contributed by atoms with Gasteiger partial charge in [-0.25, -0.2) is 9.97 Å². The van der Waals surface area contributed by atoms with E-state index in [2.05, 4.69) is 15.3 Å². The van der Waals surface area contributed by atoms with E-state index in [4.69, 9.17) is 14.5 Å². The van der Waals surface area contributed by atoms with Gasteiger partial charge in [0.2, 0.25) is 0 Å². The number of nitrogens with zero attached hydrogens (tertiary/aromatic N) is 3. The van der Waals surface area contributed by atoms with Crippen LogP contribution in [0.5, 0.6) is 11.5 Å². The highest BCUT2D eigenvalue weighted by atomic mass is 16.5. The number of methoxy groups -OCH3 is 2. The molecule has 0 bridgehead atoms. The molecule has 0 saturated carbocycles. The van der Waals surface area contributed by atoms with Crippen LogP contribution in [0.3, 0.4) is 0 Å². The molecule has 0 radical (unpaired) electrons. The smallest absolute Gasteiger partial charge is 0.269 e. The zero-order valence-corrected chi connectivity index (χ0v) is 19.0. The summed E-state index contributed by atoms with van der Waals surface area (Å²) in [5.41, 5.74) is 3.53. The van der Waals surface area contributed by atoms with Crippen molar-refractivity contribution in [3.63, 3.8) is 0 Å². The number of aromatic amines is 1. The molecule has 0 spiro atoms. The Morgan fingerprint density at radius 2 is 1.97 bits per heavy atom. The number of hydrogen-bond acceptors (Lipinski definition) is 5. The average molecular weight is 456 g/mol. The number of H-pyrrole nitrogens is 1. The number of benzene rings is 2. The number of carbonyl (C=O) groups is 1. The van der Waals surface area contributed by atoms with Crippen LogP contribution in [-0.2, 0) is 6.54 Å². The van der Waals surface area contributed by atoms with Gasteiger partial charge in [-0.05, 0) is 36.8 Å². The fourth-order valence-corrected chi connectivity index (χ4v) is 4.13. The molecule has 2 aromatic carbocycles. The summed E-state index contributed by atoms with van der Waals surface area (Å²) < 4.78 is 13.0. The number of para-hydroxylation sites is 1. The van der Waals surface area contributed by atoms with Crippen LogP contribution in [0.25, 0.3) is 33.1 Å². The molecule has 0 atom stereocenters. The number of rotatable bonds is 8. The van der Waals surface area contributed by atoms with Gasteiger partial charge in [-0.15, -0.1) is 0 Å². The lowest BCUT2D eigenvalue weighted by Gasteiger charge is -2.13. The molecule has 0 fully saturated rings. The van der Waals surface area contributed by atoms with E-state index in [1.807, 2.05) is 59.3 Å². The second kappa shape index (κ2) is 9.27. The number of imidazole rings is 1. The van der Waals surface area contributed by atoms with Crippen molar-refractivity contribution in [3.8, 4) is 22.8 Å². The van der Waals surface area contributed by atoms with Crippen LogP contribution >= 0.6 is 0 Å². The van der Waals surface area contributed by atoms with Crippen LogP contribution < -0.4 is 14.8 Å². The molecule has 0 aliphatic rings. The van der Waals surface area contributed by atoms with Gasteiger partial charge in [0.25, 0.3) is 5.91 Å². The lowest BCUT2D eigenvalue weighted by Crippen LogP contribution is -2.26. The Labute approximate surface area is 196 Å². The van der Waals surface area contributed by atoms with Crippen LogP contribution in [0.4, 0.5) is 0 Å². The molecule has 0 aliphatic heterocycles. The number of ether oxygens (including phenoxy) is 2. The Hall–Kier alpha value is -4.33. The van der Waals surface area contributed by atoms with Crippen molar-refractivity contribution in [2.75, 3.05) is 20.8 Å². The molecule has 2 N–H and O–H groups in total. The predicted octanol–water partition coefficient (Wildman–Crippen LogP) is 4.42. The van der Waals surface area contributed by atoms with E-state index in [-0.39, 0.29) is 5.91 Å². The first kappa shape index (κ1) is 21.5. The summed E-state index contributed by atoms with van der Waals surface area (Å²) in [6.07, 6.45) is 6.20. The molecule has 0 aliphatic carbocycles. The Balaban J connectivity index is 1.55. The maximum Gasteiger partial charge on any atom is 0.269 e. The lowest BCUT2D eigenvalue weighted by atomic mass is 10.0. The van der Waals surface area contributed by atoms with Gasteiger partial charge in [0.05, 0.1) is 31.8 Å². The van der Waals surface area contributed by atoms with Crippen molar-refractivity contribution in [1.29, 1.82) is 0 Å². The predicted molar refractivity (Wildman–Crippen MR) is 131 cm³/mol. The summed E-state index contributed by atoms with van der Waals surface area (Å²) in [4.78, 5) is 25.4. The molecule has 3 heterocycles. The molecule has 34 heavy (non-hydrogen) atoms. The summed E-state index contributed by atoms with van der Waals surface area (Å²) in [5, 5.41) is 4.95. The number of pyridine rings is 1. The lowest BCUT2D eigenvalue weighted by molar-refractivity contribution is 0.0948. The highest BCUT2D eigenvalue weighted by molar-refractivity contribution is 6.13. The van der Waals surface area contributed by atoms with E-state index >= 15 is 0 Å². The van der Waals surface area contributed by atoms with Crippen molar-refractivity contribution in [3.05, 3.63) is 72.9 Å². The molecule has 3 aromatic heterocycles. The van der Waals surface area contributed by atoms with E-state index in [0.29, 0.717) is 29.4 Å². The number of hydrogen-bond donors (Lipinski definition) is 2. The summed E-state index contributed by atoms with van der Waals surface area (Å²) >= 11 is 0. The minimum Gasteiger partial charge on any atom is -0.497 e. The molecule has 1 amide bonds. The topological polar surface area (TPSA) is 94.1 Å². The monoisotopic (exact) mass is 455 g/mol. The third-order valence-corrected chi connectivity index (χ3v) is 5.83. The van der Waals surface area contributed by atoms with Crippen LogP contribution in [-0.4, -0.2) is 46.2 Å². The van der Waals surface area contributed by atoms with Crippen molar-refractivity contribution in [2.45, 2.75) is 13.0 Å². The van der Waals surface area contributed by atoms with E-state index in [0.717, 1.165) is 40.3 Å². The minimum atomic E-state index is -0.221. The number of aromatic nitrogens is 4. The highest BCUT2D eigenvalue weighted by Gasteiger charge is 2.19. The minimum absolute atomic E-state index is 0.221. The normalized spacial score (nSPS) is 11.1. The highest BCUT2D eigenvalue weighted by Crippen LogP contribution is 2.38. The molecule has 0 unspecified atom stereocenters. The third-order valence-electron chi connectivity index (χ3n) is 5.83. The fourth-order valence-electron chi connectivity index (χ4n) is 4.13. The van der Waals surface area contributed by atoms with E-state index < -0.39 is 0 Å². The Kier molecular flexibility index (Phi) is 5.86. The zero-order chi connectivity index (χ0) is 23.5. The van der Waals surface area contributed by atoms with Crippen LogP contribution in [0.15, 0.2) is 67.3 Å². The number of aryl methyl sites for hydroxylation is 1. The molecule has 5 aromatic rings. The molecule has 5 rings (SSSR count). The first-order chi connectivity index (χ1) is 16.7. The first-order valence-corrected chi connectivity index (χ1v) is 11.1. The second-order valence-electron chi connectivity index (χ2n) is 7.93. The van der Waals surface area contributed by atoms with E-state index in [9.17, 15) is 4.79 Å². The number of fused-ring (bicyclic) bond motifs is 3. The number of amides is 1. The molecular weight excluding hydrogens is 430 g/mol. The van der Waals surface area contributed by atoms with Gasteiger partial charge in [0.15, 0.2) is 0 Å². The molecule has 0 saturated heterocycles. The number of carbonyl (C=O) groups excluding carboxylic acids is 1. The van der Waals surface area contributed by atoms with E-state index in [1.165, 1.54) is 0 Å². The van der Waals surface area contributed by atoms with Crippen molar-refractivity contribution in [1.82, 2.24) is 24.8 Å². The quantitative estimate of drug-likeness (QED) is 0.338. The van der Waals surface area contributed by atoms with Crippen LogP contribution in [0, 0.1) is 0 Å². The van der Waals surface area contributed by atoms with Crippen molar-refractivity contribution >= 4 is 27.7 Å². The summed E-state index contributed by atoms with van der Waals surface area (Å²) in [5.74, 6) is 1.10. The van der Waals surface area contributed by atoms with Gasteiger partial charge in [-0.1, -0.05) is 18.2 Å². The van der Waals surface area contributed by atoms with Gasteiger partial charge >= 0.3 is 0 Å². The molecular formula is C26H25N5O3. The van der Waals surface area contributed by atoms with Gasteiger partial charge in [0, 0.05) is 47.3 Å². The first-order valence-electron chi connectivity index (χ1n) is 11.1. The van der Waals surface area contributed by atoms with Gasteiger partial charge in [-0.2, -0.15) is 0 Å². The Bertz CT molecular complexity index is 1460. The van der Waals surface area contributed by atoms with Crippen LogP contribution in [0.1, 0.15) is 16.9 Å².